The highest BCUT2D eigenvalue weighted by molar-refractivity contribution is 14.0. The minimum atomic E-state index is 0. The topological polar surface area (TPSA) is 60.0 Å². The van der Waals surface area contributed by atoms with E-state index in [2.05, 4.69) is 49.3 Å². The molecule has 29 heavy (non-hydrogen) atoms. The molecule has 1 saturated heterocycles. The van der Waals surface area contributed by atoms with Crippen molar-refractivity contribution in [3.05, 3.63) is 35.4 Å². The Kier molecular flexibility index (Phi) is 11.0. The molecular weight excluding hydrogens is 477 g/mol. The highest BCUT2D eigenvalue weighted by Gasteiger charge is 2.31. The van der Waals surface area contributed by atoms with Crippen LogP contribution in [0.4, 0.5) is 0 Å². The molecule has 0 saturated carbocycles. The smallest absolute Gasteiger partial charge is 0.253 e. The van der Waals surface area contributed by atoms with Crippen molar-refractivity contribution in [3.8, 4) is 0 Å². The van der Waals surface area contributed by atoms with Crippen LogP contribution in [0.1, 0.15) is 43.6 Å². The Bertz CT molecular complexity index is 677. The predicted molar refractivity (Wildman–Crippen MR) is 132 cm³/mol. The third kappa shape index (κ3) is 7.77. The average molecular weight is 515 g/mol. The van der Waals surface area contributed by atoms with Gasteiger partial charge in [0.25, 0.3) is 5.91 Å². The number of carbonyl (C=O) groups is 1. The van der Waals surface area contributed by atoms with Crippen LogP contribution in [0.5, 0.6) is 0 Å². The van der Waals surface area contributed by atoms with E-state index in [0.717, 1.165) is 43.1 Å². The summed E-state index contributed by atoms with van der Waals surface area (Å²) in [7, 11) is 3.55. The zero-order valence-corrected chi connectivity index (χ0v) is 21.1. The number of rotatable bonds is 7. The van der Waals surface area contributed by atoms with Gasteiger partial charge >= 0.3 is 0 Å². The van der Waals surface area contributed by atoms with Crippen molar-refractivity contribution < 1.29 is 4.79 Å². The molecule has 2 N–H and O–H groups in total. The lowest BCUT2D eigenvalue weighted by Gasteiger charge is -2.22. The highest BCUT2D eigenvalue weighted by Crippen LogP contribution is 2.18. The Labute approximate surface area is 193 Å². The molecule has 1 aromatic rings. The number of nitrogens with zero attached hydrogens (tertiary/aromatic N) is 3. The van der Waals surface area contributed by atoms with Crippen molar-refractivity contribution in [2.24, 2.45) is 10.9 Å². The number of amides is 1. The molecule has 1 heterocycles. The number of aliphatic imine (C=N–C) groups is 1. The Morgan fingerprint density at radius 2 is 2.03 bits per heavy atom. The first kappa shape index (κ1) is 25.7. The second-order valence-electron chi connectivity index (χ2n) is 8.19. The second-order valence-corrected chi connectivity index (χ2v) is 8.19. The summed E-state index contributed by atoms with van der Waals surface area (Å²) in [5, 5.41) is 6.98. The number of benzene rings is 1. The van der Waals surface area contributed by atoms with Gasteiger partial charge in [0.15, 0.2) is 5.96 Å². The molecule has 7 heteroatoms. The molecule has 1 amide bonds. The number of likely N-dealkylation sites (tertiary alicyclic amines) is 1. The molecule has 0 radical (unpaired) electrons. The summed E-state index contributed by atoms with van der Waals surface area (Å²) in [6.07, 6.45) is 0.809. The molecular formula is C22H38IN5O. The van der Waals surface area contributed by atoms with Crippen LogP contribution in [0.15, 0.2) is 29.3 Å². The van der Waals surface area contributed by atoms with Gasteiger partial charge < -0.3 is 15.5 Å². The van der Waals surface area contributed by atoms with Crippen LogP contribution in [0, 0.1) is 5.92 Å². The molecule has 0 spiro atoms. The lowest BCUT2D eigenvalue weighted by Crippen LogP contribution is -2.46. The molecule has 1 fully saturated rings. The summed E-state index contributed by atoms with van der Waals surface area (Å²) < 4.78 is 0. The first-order chi connectivity index (χ1) is 13.3. The van der Waals surface area contributed by atoms with Crippen molar-refractivity contribution in [1.82, 2.24) is 20.4 Å². The summed E-state index contributed by atoms with van der Waals surface area (Å²) in [6.45, 7) is 12.6. The molecule has 1 aromatic carbocycles. The lowest BCUT2D eigenvalue weighted by atomic mass is 10.1. The van der Waals surface area contributed by atoms with Gasteiger partial charge in [0.1, 0.15) is 0 Å². The number of carbonyl (C=O) groups excluding carboxylic acids is 1. The maximum Gasteiger partial charge on any atom is 0.253 e. The normalized spacial score (nSPS) is 19.8. The lowest BCUT2D eigenvalue weighted by molar-refractivity contribution is 0.0827. The fraction of sp³-hybridized carbons (Fsp3) is 0.636. The van der Waals surface area contributed by atoms with Gasteiger partial charge in [0.2, 0.25) is 0 Å². The van der Waals surface area contributed by atoms with E-state index in [-0.39, 0.29) is 29.9 Å². The van der Waals surface area contributed by atoms with Crippen molar-refractivity contribution in [3.63, 3.8) is 0 Å². The van der Waals surface area contributed by atoms with Crippen LogP contribution in [0.2, 0.25) is 0 Å². The van der Waals surface area contributed by atoms with Crippen molar-refractivity contribution >= 4 is 35.8 Å². The number of guanidine groups is 1. The summed E-state index contributed by atoms with van der Waals surface area (Å²) in [4.78, 5) is 21.0. The van der Waals surface area contributed by atoms with Crippen molar-refractivity contribution in [2.75, 3.05) is 40.3 Å². The molecule has 2 unspecified atom stereocenters. The molecule has 1 aliphatic rings. The maximum absolute atomic E-state index is 12.1. The van der Waals surface area contributed by atoms with Gasteiger partial charge in [-0.1, -0.05) is 19.1 Å². The van der Waals surface area contributed by atoms with E-state index in [9.17, 15) is 4.79 Å². The Morgan fingerprint density at radius 1 is 1.31 bits per heavy atom. The van der Waals surface area contributed by atoms with E-state index >= 15 is 0 Å². The first-order valence-corrected chi connectivity index (χ1v) is 10.4. The van der Waals surface area contributed by atoms with E-state index in [1.54, 1.807) is 19.0 Å². The van der Waals surface area contributed by atoms with Crippen LogP contribution < -0.4 is 10.6 Å². The van der Waals surface area contributed by atoms with Gasteiger partial charge in [0.05, 0.1) is 0 Å². The molecule has 164 valence electrons. The zero-order valence-electron chi connectivity index (χ0n) is 18.7. The van der Waals surface area contributed by atoms with Crippen LogP contribution in [-0.4, -0.2) is 74.0 Å². The van der Waals surface area contributed by atoms with E-state index in [4.69, 9.17) is 4.99 Å². The Balaban J connectivity index is 0.00000420. The minimum absolute atomic E-state index is 0. The number of hydrogen-bond donors (Lipinski definition) is 2. The fourth-order valence-electron chi connectivity index (χ4n) is 3.52. The highest BCUT2D eigenvalue weighted by atomic mass is 127. The molecule has 1 aliphatic heterocycles. The van der Waals surface area contributed by atoms with Crippen LogP contribution in [-0.2, 0) is 6.42 Å². The summed E-state index contributed by atoms with van der Waals surface area (Å²) in [5.41, 5.74) is 1.86. The third-order valence-corrected chi connectivity index (χ3v) is 5.29. The Morgan fingerprint density at radius 3 is 2.62 bits per heavy atom. The summed E-state index contributed by atoms with van der Waals surface area (Å²) in [6, 6.07) is 8.83. The third-order valence-electron chi connectivity index (χ3n) is 5.29. The zero-order chi connectivity index (χ0) is 20.7. The number of nitrogens with one attached hydrogen (secondary N) is 2. The van der Waals surface area contributed by atoms with E-state index in [0.29, 0.717) is 24.5 Å². The minimum Gasteiger partial charge on any atom is -0.357 e. The average Bonchev–Trinajstić information content (AvgIpc) is 3.02. The van der Waals surface area contributed by atoms with Gasteiger partial charge in [0, 0.05) is 57.9 Å². The second kappa shape index (κ2) is 12.4. The van der Waals surface area contributed by atoms with Crippen molar-refractivity contribution in [1.29, 1.82) is 0 Å². The van der Waals surface area contributed by atoms with Crippen LogP contribution in [0.25, 0.3) is 0 Å². The number of halogens is 1. The standard InChI is InChI=1S/C22H37N5O.HI/c1-7-23-22(25-20-15-27(16(2)3)14-17(20)4)24-12-11-18-9-8-10-19(13-18)21(28)26(5)6;/h8-10,13,16-17,20H,7,11-12,14-15H2,1-6H3,(H2,23,24,25);1H. The fourth-order valence-corrected chi connectivity index (χ4v) is 3.52. The van der Waals surface area contributed by atoms with E-state index < -0.39 is 0 Å². The SMILES string of the molecule is CCNC(=NCCc1cccc(C(=O)N(C)C)c1)NC1CN(C(C)C)CC1C.I. The van der Waals surface area contributed by atoms with E-state index in [1.165, 1.54) is 0 Å². The summed E-state index contributed by atoms with van der Waals surface area (Å²) in [5.74, 6) is 1.51. The Hall–Kier alpha value is -1.35. The summed E-state index contributed by atoms with van der Waals surface area (Å²) >= 11 is 0. The molecule has 6 nitrogen and oxygen atoms in total. The van der Waals surface area contributed by atoms with Crippen LogP contribution >= 0.6 is 24.0 Å². The van der Waals surface area contributed by atoms with Gasteiger partial charge in [-0.2, -0.15) is 0 Å². The quantitative estimate of drug-likeness (QED) is 0.333. The maximum atomic E-state index is 12.1. The van der Waals surface area contributed by atoms with Gasteiger partial charge in [-0.05, 0) is 50.8 Å². The van der Waals surface area contributed by atoms with Crippen LogP contribution in [0.3, 0.4) is 0 Å². The molecule has 0 bridgehead atoms. The first-order valence-electron chi connectivity index (χ1n) is 10.4. The van der Waals surface area contributed by atoms with Gasteiger partial charge in [-0.25, -0.2) is 0 Å². The predicted octanol–water partition coefficient (Wildman–Crippen LogP) is 2.83. The van der Waals surface area contributed by atoms with E-state index in [1.807, 2.05) is 18.2 Å². The van der Waals surface area contributed by atoms with Crippen molar-refractivity contribution in [2.45, 2.75) is 46.2 Å². The molecule has 2 rings (SSSR count). The molecule has 0 aromatic heterocycles. The number of hydrogen-bond acceptors (Lipinski definition) is 3. The molecule has 2 atom stereocenters. The van der Waals surface area contributed by atoms with Gasteiger partial charge in [-0.15, -0.1) is 24.0 Å². The monoisotopic (exact) mass is 515 g/mol. The molecule has 0 aliphatic carbocycles. The van der Waals surface area contributed by atoms with Gasteiger partial charge in [-0.3, -0.25) is 14.7 Å². The largest absolute Gasteiger partial charge is 0.357 e.